The number of allylic oxidation sites excluding steroid dienone is 1. The molecule has 1 aliphatic rings. The van der Waals surface area contributed by atoms with E-state index in [2.05, 4.69) is 19.1 Å². The highest BCUT2D eigenvalue weighted by Crippen LogP contribution is 2.39. The van der Waals surface area contributed by atoms with Crippen LogP contribution in [0.2, 0.25) is 5.82 Å². The maximum absolute atomic E-state index is 5.98. The van der Waals surface area contributed by atoms with Crippen molar-refractivity contribution in [2.75, 3.05) is 0 Å². The van der Waals surface area contributed by atoms with Crippen molar-refractivity contribution >= 4 is 7.85 Å². The third kappa shape index (κ3) is 3.39. The van der Waals surface area contributed by atoms with E-state index in [1.807, 2.05) is 24.5 Å². The van der Waals surface area contributed by atoms with Crippen LogP contribution in [0.1, 0.15) is 31.7 Å². The van der Waals surface area contributed by atoms with Crippen LogP contribution in [0.5, 0.6) is 0 Å². The normalized spacial score (nSPS) is 26.3. The minimum Gasteiger partial charge on any atom is -0.497 e. The monoisotopic (exact) mass is 226 g/mol. The van der Waals surface area contributed by atoms with Crippen LogP contribution < -0.4 is 0 Å². The van der Waals surface area contributed by atoms with E-state index < -0.39 is 0 Å². The molecule has 0 N–H and O–H groups in total. The molecule has 2 atom stereocenters. The second-order valence-corrected chi connectivity index (χ2v) is 4.79. The summed E-state index contributed by atoms with van der Waals surface area (Å²) >= 11 is 0. The molecule has 2 rings (SSSR count). The van der Waals surface area contributed by atoms with Crippen LogP contribution in [-0.4, -0.2) is 7.85 Å². The molecule has 1 aliphatic carbocycles. The molecular formula is C15H19BO. The molecule has 0 bridgehead atoms. The van der Waals surface area contributed by atoms with Gasteiger partial charge < -0.3 is 4.74 Å². The third-order valence-corrected chi connectivity index (χ3v) is 3.43. The molecule has 0 spiro atoms. The molecule has 1 nitrogen and oxygen atoms in total. The average Bonchev–Trinajstić information content (AvgIpc) is 2.71. The zero-order chi connectivity index (χ0) is 12.1. The zero-order valence-corrected chi connectivity index (χ0v) is 10.4. The number of benzene rings is 1. The summed E-state index contributed by atoms with van der Waals surface area (Å²) in [7, 11) is 5.98. The molecule has 2 heteroatoms. The SMILES string of the molecule is [B][C@H]1CC(=COCc2ccccc2)[C@@H](CC)C1. The van der Waals surface area contributed by atoms with Gasteiger partial charge in [-0.15, -0.1) is 0 Å². The van der Waals surface area contributed by atoms with Crippen molar-refractivity contribution in [3.63, 3.8) is 0 Å². The molecule has 0 aliphatic heterocycles. The fourth-order valence-corrected chi connectivity index (χ4v) is 2.46. The Morgan fingerprint density at radius 3 is 2.82 bits per heavy atom. The van der Waals surface area contributed by atoms with Crippen molar-refractivity contribution < 1.29 is 4.74 Å². The third-order valence-electron chi connectivity index (χ3n) is 3.43. The highest BCUT2D eigenvalue weighted by molar-refractivity contribution is 6.12. The average molecular weight is 226 g/mol. The summed E-state index contributed by atoms with van der Waals surface area (Å²) in [4.78, 5) is 0. The smallest absolute Gasteiger partial charge is 0.112 e. The maximum atomic E-state index is 5.98. The molecule has 1 aromatic carbocycles. The Labute approximate surface area is 105 Å². The van der Waals surface area contributed by atoms with Gasteiger partial charge in [0.1, 0.15) is 6.61 Å². The van der Waals surface area contributed by atoms with Crippen LogP contribution in [0.3, 0.4) is 0 Å². The second kappa shape index (κ2) is 5.95. The Balaban J connectivity index is 1.88. The van der Waals surface area contributed by atoms with Gasteiger partial charge in [0, 0.05) is 0 Å². The predicted octanol–water partition coefficient (Wildman–Crippen LogP) is 3.86. The number of rotatable bonds is 4. The van der Waals surface area contributed by atoms with Crippen molar-refractivity contribution in [2.24, 2.45) is 5.92 Å². The molecule has 1 saturated carbocycles. The van der Waals surface area contributed by atoms with Gasteiger partial charge in [-0.3, -0.25) is 0 Å². The summed E-state index contributed by atoms with van der Waals surface area (Å²) in [6, 6.07) is 10.2. The van der Waals surface area contributed by atoms with Gasteiger partial charge in [-0.05, 0) is 29.9 Å². The lowest BCUT2D eigenvalue weighted by Gasteiger charge is -2.09. The van der Waals surface area contributed by atoms with Gasteiger partial charge in [0.2, 0.25) is 0 Å². The van der Waals surface area contributed by atoms with E-state index in [4.69, 9.17) is 12.6 Å². The molecule has 0 amide bonds. The van der Waals surface area contributed by atoms with Crippen LogP contribution >= 0.6 is 0 Å². The first-order valence-electron chi connectivity index (χ1n) is 6.39. The van der Waals surface area contributed by atoms with Crippen molar-refractivity contribution in [2.45, 2.75) is 38.6 Å². The van der Waals surface area contributed by atoms with Gasteiger partial charge in [-0.2, -0.15) is 0 Å². The van der Waals surface area contributed by atoms with E-state index >= 15 is 0 Å². The molecule has 1 aromatic rings. The highest BCUT2D eigenvalue weighted by Gasteiger charge is 2.24. The summed E-state index contributed by atoms with van der Waals surface area (Å²) in [5.41, 5.74) is 2.59. The Hall–Kier alpha value is -1.18. The molecule has 88 valence electrons. The van der Waals surface area contributed by atoms with Crippen LogP contribution in [0.15, 0.2) is 42.2 Å². The standard InChI is InChI=1S/C15H19BO/c1-2-13-8-15(16)9-14(13)11-17-10-12-6-4-3-5-7-12/h3-7,11,13,15H,2,8-10H2,1H3/t13-,15+/m0/s1. The molecule has 1 fully saturated rings. The van der Waals surface area contributed by atoms with Gasteiger partial charge in [-0.25, -0.2) is 0 Å². The summed E-state index contributed by atoms with van der Waals surface area (Å²) in [5.74, 6) is 0.951. The summed E-state index contributed by atoms with van der Waals surface area (Å²) < 4.78 is 5.67. The lowest BCUT2D eigenvalue weighted by molar-refractivity contribution is 0.230. The topological polar surface area (TPSA) is 9.23 Å². The second-order valence-electron chi connectivity index (χ2n) is 4.79. The Bertz CT molecular complexity index is 372. The fraction of sp³-hybridized carbons (Fsp3) is 0.467. The molecule has 0 heterocycles. The molecule has 0 aromatic heterocycles. The summed E-state index contributed by atoms with van der Waals surface area (Å²) in [6.07, 6.45) is 5.20. The number of hydrogen-bond acceptors (Lipinski definition) is 1. The number of ether oxygens (including phenoxy) is 1. The Kier molecular flexibility index (Phi) is 4.30. The maximum Gasteiger partial charge on any atom is 0.112 e. The minimum atomic E-state index is 0.325. The molecule has 2 radical (unpaired) electrons. The van der Waals surface area contributed by atoms with Crippen LogP contribution in [0.4, 0.5) is 0 Å². The van der Waals surface area contributed by atoms with E-state index in [-0.39, 0.29) is 0 Å². The fourth-order valence-electron chi connectivity index (χ4n) is 2.46. The van der Waals surface area contributed by atoms with Crippen LogP contribution in [-0.2, 0) is 11.3 Å². The van der Waals surface area contributed by atoms with E-state index in [1.165, 1.54) is 11.1 Å². The van der Waals surface area contributed by atoms with E-state index in [9.17, 15) is 0 Å². The quantitative estimate of drug-likeness (QED) is 0.559. The van der Waals surface area contributed by atoms with Crippen molar-refractivity contribution in [1.29, 1.82) is 0 Å². The van der Waals surface area contributed by atoms with Gasteiger partial charge in [0.15, 0.2) is 0 Å². The molecular weight excluding hydrogens is 207 g/mol. The number of hydrogen-bond donors (Lipinski definition) is 0. The van der Waals surface area contributed by atoms with Crippen molar-refractivity contribution in [3.05, 3.63) is 47.7 Å². The predicted molar refractivity (Wildman–Crippen MR) is 71.8 cm³/mol. The largest absolute Gasteiger partial charge is 0.497 e. The molecule has 0 unspecified atom stereocenters. The first-order valence-corrected chi connectivity index (χ1v) is 6.39. The first-order chi connectivity index (χ1) is 8.29. The van der Waals surface area contributed by atoms with E-state index in [1.54, 1.807) is 0 Å². The van der Waals surface area contributed by atoms with Crippen LogP contribution in [0, 0.1) is 5.92 Å². The van der Waals surface area contributed by atoms with Gasteiger partial charge in [0.05, 0.1) is 14.1 Å². The summed E-state index contributed by atoms with van der Waals surface area (Å²) in [6.45, 7) is 2.86. The van der Waals surface area contributed by atoms with Gasteiger partial charge in [-0.1, -0.05) is 49.5 Å². The van der Waals surface area contributed by atoms with E-state index in [0.717, 1.165) is 19.3 Å². The van der Waals surface area contributed by atoms with Crippen molar-refractivity contribution in [1.82, 2.24) is 0 Å². The zero-order valence-electron chi connectivity index (χ0n) is 10.4. The highest BCUT2D eigenvalue weighted by atomic mass is 16.5. The molecule has 0 saturated heterocycles. The van der Waals surface area contributed by atoms with Gasteiger partial charge >= 0.3 is 0 Å². The Morgan fingerprint density at radius 1 is 1.35 bits per heavy atom. The van der Waals surface area contributed by atoms with Gasteiger partial charge in [0.25, 0.3) is 0 Å². The Morgan fingerprint density at radius 2 is 2.12 bits per heavy atom. The lowest BCUT2D eigenvalue weighted by atomic mass is 9.85. The minimum absolute atomic E-state index is 0.325. The lowest BCUT2D eigenvalue weighted by Crippen LogP contribution is -1.95. The van der Waals surface area contributed by atoms with E-state index in [0.29, 0.717) is 18.3 Å². The van der Waals surface area contributed by atoms with Crippen LogP contribution in [0.25, 0.3) is 0 Å². The summed E-state index contributed by atoms with van der Waals surface area (Å²) in [5, 5.41) is 0. The van der Waals surface area contributed by atoms with Crippen molar-refractivity contribution in [3.8, 4) is 0 Å². The first kappa shape index (κ1) is 12.3. The molecule has 17 heavy (non-hydrogen) atoms.